The first-order chi connectivity index (χ1) is 13.2. The van der Waals surface area contributed by atoms with E-state index in [9.17, 15) is 0 Å². The standard InChI is InChI=1S/C22H27ClN2O2/c1-26-21-4-2-3-18(13-24-20-14-25-11-9-17(20)10-12-25)22(21)27-15-16-5-7-19(23)8-6-16/h2-8,17,20,24H,9-15H2,1H3. The first kappa shape index (κ1) is 18.6. The Hall–Kier alpha value is -1.75. The van der Waals surface area contributed by atoms with Crippen molar-refractivity contribution in [2.45, 2.75) is 32.0 Å². The number of nitrogens with zero attached hydrogens (tertiary/aromatic N) is 1. The molecule has 5 rings (SSSR count). The number of ether oxygens (including phenoxy) is 2. The minimum Gasteiger partial charge on any atom is -0.493 e. The van der Waals surface area contributed by atoms with Crippen LogP contribution in [-0.4, -0.2) is 37.7 Å². The number of piperidine rings is 3. The molecule has 0 aromatic heterocycles. The van der Waals surface area contributed by atoms with Crippen LogP contribution in [0.15, 0.2) is 42.5 Å². The van der Waals surface area contributed by atoms with Crippen molar-refractivity contribution >= 4 is 11.6 Å². The molecule has 4 nitrogen and oxygen atoms in total. The number of fused-ring (bicyclic) bond motifs is 3. The van der Waals surface area contributed by atoms with Gasteiger partial charge in [0, 0.05) is 29.7 Å². The third-order valence-corrected chi connectivity index (χ3v) is 6.04. The van der Waals surface area contributed by atoms with Crippen LogP contribution in [0.25, 0.3) is 0 Å². The summed E-state index contributed by atoms with van der Waals surface area (Å²) in [5, 5.41) is 4.51. The van der Waals surface area contributed by atoms with E-state index in [4.69, 9.17) is 21.1 Å². The van der Waals surface area contributed by atoms with Crippen LogP contribution in [0.4, 0.5) is 0 Å². The lowest BCUT2D eigenvalue weighted by molar-refractivity contribution is 0.0718. The maximum Gasteiger partial charge on any atom is 0.166 e. The first-order valence-corrected chi connectivity index (χ1v) is 10.1. The molecule has 0 saturated carbocycles. The van der Waals surface area contributed by atoms with Gasteiger partial charge in [-0.2, -0.15) is 0 Å². The number of para-hydroxylation sites is 1. The number of halogens is 1. The monoisotopic (exact) mass is 386 g/mol. The predicted octanol–water partition coefficient (Wildman–Crippen LogP) is 4.11. The summed E-state index contributed by atoms with van der Waals surface area (Å²) in [7, 11) is 1.69. The molecule has 1 unspecified atom stereocenters. The summed E-state index contributed by atoms with van der Waals surface area (Å²) in [5.41, 5.74) is 2.22. The Bertz CT molecular complexity index is 757. The molecule has 27 heavy (non-hydrogen) atoms. The van der Waals surface area contributed by atoms with E-state index in [0.29, 0.717) is 12.6 Å². The summed E-state index contributed by atoms with van der Waals surface area (Å²) in [6.07, 6.45) is 2.63. The van der Waals surface area contributed by atoms with Crippen molar-refractivity contribution in [2.75, 3.05) is 26.7 Å². The summed E-state index contributed by atoms with van der Waals surface area (Å²) >= 11 is 5.97. The third-order valence-electron chi connectivity index (χ3n) is 5.79. The number of methoxy groups -OCH3 is 1. The minimum atomic E-state index is 0.490. The summed E-state index contributed by atoms with van der Waals surface area (Å²) in [6.45, 7) is 4.97. The highest BCUT2D eigenvalue weighted by Crippen LogP contribution is 2.33. The van der Waals surface area contributed by atoms with Crippen LogP contribution in [0.2, 0.25) is 5.02 Å². The van der Waals surface area contributed by atoms with Crippen molar-refractivity contribution in [3.05, 3.63) is 58.6 Å². The van der Waals surface area contributed by atoms with E-state index in [1.54, 1.807) is 7.11 Å². The lowest BCUT2D eigenvalue weighted by Gasteiger charge is -2.45. The average Bonchev–Trinajstić information content (AvgIpc) is 2.73. The van der Waals surface area contributed by atoms with Gasteiger partial charge in [-0.15, -0.1) is 0 Å². The largest absolute Gasteiger partial charge is 0.493 e. The summed E-state index contributed by atoms with van der Waals surface area (Å²) in [4.78, 5) is 2.57. The molecular formula is C22H27ClN2O2. The Morgan fingerprint density at radius 2 is 1.89 bits per heavy atom. The van der Waals surface area contributed by atoms with Crippen LogP contribution in [-0.2, 0) is 13.2 Å². The zero-order valence-electron chi connectivity index (χ0n) is 15.8. The Balaban J connectivity index is 1.44. The van der Waals surface area contributed by atoms with Crippen LogP contribution in [0, 0.1) is 5.92 Å². The van der Waals surface area contributed by atoms with Gasteiger partial charge in [-0.3, -0.25) is 0 Å². The van der Waals surface area contributed by atoms with Crippen molar-refractivity contribution in [3.63, 3.8) is 0 Å². The number of nitrogens with one attached hydrogen (secondary N) is 1. The van der Waals surface area contributed by atoms with Crippen LogP contribution in [0.1, 0.15) is 24.0 Å². The lowest BCUT2D eigenvalue weighted by Crippen LogP contribution is -2.55. The van der Waals surface area contributed by atoms with Crippen molar-refractivity contribution in [1.82, 2.24) is 10.2 Å². The van der Waals surface area contributed by atoms with Gasteiger partial charge in [-0.05, 0) is 55.6 Å². The van der Waals surface area contributed by atoms with E-state index < -0.39 is 0 Å². The van der Waals surface area contributed by atoms with E-state index in [1.165, 1.54) is 25.9 Å². The van der Waals surface area contributed by atoms with E-state index in [-0.39, 0.29) is 0 Å². The molecule has 3 fully saturated rings. The molecule has 144 valence electrons. The molecule has 3 aliphatic heterocycles. The molecular weight excluding hydrogens is 360 g/mol. The second-order valence-corrected chi connectivity index (χ2v) is 7.93. The van der Waals surface area contributed by atoms with Gasteiger partial charge >= 0.3 is 0 Å². The molecule has 5 heteroatoms. The summed E-state index contributed by atoms with van der Waals surface area (Å²) < 4.78 is 11.7. The predicted molar refractivity (Wildman–Crippen MR) is 109 cm³/mol. The van der Waals surface area contributed by atoms with Crippen molar-refractivity contribution in [2.24, 2.45) is 5.92 Å². The van der Waals surface area contributed by atoms with Gasteiger partial charge in [0.05, 0.1) is 7.11 Å². The van der Waals surface area contributed by atoms with Crippen LogP contribution in [0.3, 0.4) is 0 Å². The quantitative estimate of drug-likeness (QED) is 0.776. The molecule has 2 bridgehead atoms. The normalized spacial score (nSPS) is 24.0. The van der Waals surface area contributed by atoms with Gasteiger partial charge in [0.1, 0.15) is 6.61 Å². The van der Waals surface area contributed by atoms with Gasteiger partial charge in [0.2, 0.25) is 0 Å². The molecule has 1 N–H and O–H groups in total. The second kappa shape index (κ2) is 8.51. The SMILES string of the molecule is COc1cccc(CNC2CN3CCC2CC3)c1OCc1ccc(Cl)cc1. The number of hydrogen-bond acceptors (Lipinski definition) is 4. The van der Waals surface area contributed by atoms with Crippen molar-refractivity contribution in [3.8, 4) is 11.5 Å². The molecule has 2 aromatic rings. The molecule has 0 amide bonds. The maximum atomic E-state index is 6.17. The van der Waals surface area contributed by atoms with Crippen LogP contribution >= 0.6 is 11.6 Å². The smallest absolute Gasteiger partial charge is 0.166 e. The fraction of sp³-hybridized carbons (Fsp3) is 0.455. The zero-order chi connectivity index (χ0) is 18.6. The first-order valence-electron chi connectivity index (χ1n) is 9.72. The van der Waals surface area contributed by atoms with E-state index in [2.05, 4.69) is 16.3 Å². The second-order valence-electron chi connectivity index (χ2n) is 7.49. The minimum absolute atomic E-state index is 0.490. The molecule has 3 saturated heterocycles. The molecule has 0 radical (unpaired) electrons. The highest BCUT2D eigenvalue weighted by Gasteiger charge is 2.33. The average molecular weight is 387 g/mol. The highest BCUT2D eigenvalue weighted by molar-refractivity contribution is 6.30. The van der Waals surface area contributed by atoms with Crippen LogP contribution in [0.5, 0.6) is 11.5 Å². The molecule has 1 atom stereocenters. The van der Waals surface area contributed by atoms with E-state index in [1.807, 2.05) is 36.4 Å². The summed E-state index contributed by atoms with van der Waals surface area (Å²) in [5.74, 6) is 2.40. The van der Waals surface area contributed by atoms with Gasteiger partial charge in [-0.1, -0.05) is 35.9 Å². The van der Waals surface area contributed by atoms with Gasteiger partial charge in [-0.25, -0.2) is 0 Å². The Kier molecular flexibility index (Phi) is 5.86. The Labute approximate surface area is 166 Å². The van der Waals surface area contributed by atoms with Crippen molar-refractivity contribution in [1.29, 1.82) is 0 Å². The van der Waals surface area contributed by atoms with Gasteiger partial charge in [0.25, 0.3) is 0 Å². The topological polar surface area (TPSA) is 33.7 Å². The van der Waals surface area contributed by atoms with Crippen molar-refractivity contribution < 1.29 is 9.47 Å². The molecule has 3 heterocycles. The van der Waals surface area contributed by atoms with Gasteiger partial charge in [0.15, 0.2) is 11.5 Å². The fourth-order valence-corrected chi connectivity index (χ4v) is 4.32. The van der Waals surface area contributed by atoms with Gasteiger partial charge < -0.3 is 19.7 Å². The summed E-state index contributed by atoms with van der Waals surface area (Å²) in [6, 6.07) is 14.4. The molecule has 0 aliphatic carbocycles. The third kappa shape index (κ3) is 4.40. The molecule has 3 aliphatic rings. The maximum absolute atomic E-state index is 6.17. The number of rotatable bonds is 7. The fourth-order valence-electron chi connectivity index (χ4n) is 4.20. The lowest BCUT2D eigenvalue weighted by atomic mass is 9.84. The Morgan fingerprint density at radius 3 is 2.56 bits per heavy atom. The molecule has 0 spiro atoms. The molecule has 2 aromatic carbocycles. The van der Waals surface area contributed by atoms with E-state index >= 15 is 0 Å². The Morgan fingerprint density at radius 1 is 1.11 bits per heavy atom. The van der Waals surface area contributed by atoms with E-state index in [0.717, 1.165) is 46.7 Å². The highest BCUT2D eigenvalue weighted by atomic mass is 35.5. The number of hydrogen-bond donors (Lipinski definition) is 1. The van der Waals surface area contributed by atoms with Crippen LogP contribution < -0.4 is 14.8 Å². The zero-order valence-corrected chi connectivity index (χ0v) is 16.5. The number of benzene rings is 2.